The van der Waals surface area contributed by atoms with Crippen LogP contribution in [0.15, 0.2) is 24.3 Å². The number of ether oxygens (including phenoxy) is 4. The van der Waals surface area contributed by atoms with Gasteiger partial charge in [-0.25, -0.2) is 13.8 Å². The average Bonchev–Trinajstić information content (AvgIpc) is 3.37. The molecule has 2 atom stereocenters. The van der Waals surface area contributed by atoms with Crippen LogP contribution in [0.5, 0.6) is 17.6 Å². The number of hydrogen-bond donors (Lipinski definition) is 1. The summed E-state index contributed by atoms with van der Waals surface area (Å²) in [6.07, 6.45) is 11.9. The number of halogens is 2. The van der Waals surface area contributed by atoms with Crippen molar-refractivity contribution in [1.82, 2.24) is 19.9 Å². The molecule has 1 aliphatic carbocycles. The van der Waals surface area contributed by atoms with Gasteiger partial charge in [-0.2, -0.15) is 9.97 Å². The molecule has 3 saturated heterocycles. The number of terminal acetylenes is 1. The molecule has 0 radical (unpaired) electrons. The third kappa shape index (κ3) is 5.99. The van der Waals surface area contributed by atoms with Crippen molar-refractivity contribution in [2.75, 3.05) is 71.2 Å². The van der Waals surface area contributed by atoms with Crippen LogP contribution in [0.3, 0.4) is 0 Å². The maximum absolute atomic E-state index is 17.2. The molecule has 8 rings (SSSR count). The van der Waals surface area contributed by atoms with Crippen molar-refractivity contribution in [3.63, 3.8) is 0 Å². The minimum absolute atomic E-state index is 0.0548. The number of rotatable bonds is 8. The number of piperidine rings is 1. The van der Waals surface area contributed by atoms with Crippen molar-refractivity contribution in [3.05, 3.63) is 41.5 Å². The molecular weight excluding hydrogens is 656 g/mol. The van der Waals surface area contributed by atoms with Gasteiger partial charge in [-0.05, 0) is 62.2 Å². The Kier molecular flexibility index (Phi) is 8.85. The van der Waals surface area contributed by atoms with E-state index in [1.54, 1.807) is 0 Å². The number of methoxy groups -OCH3 is 1. The summed E-state index contributed by atoms with van der Waals surface area (Å²) in [5.41, 5.74) is -0.0876. The number of hydrogen-bond acceptors (Lipinski definition) is 10. The Morgan fingerprint density at radius 3 is 2.65 bits per heavy atom. The number of likely N-dealkylation sites (tertiary alicyclic amines) is 1. The molecule has 0 amide bonds. The molecule has 1 N–H and O–H groups in total. The van der Waals surface area contributed by atoms with Gasteiger partial charge in [-0.15, -0.1) is 6.42 Å². The van der Waals surface area contributed by atoms with Crippen LogP contribution in [0.2, 0.25) is 0 Å². The number of benzene rings is 2. The lowest BCUT2D eigenvalue weighted by molar-refractivity contribution is -0.130. The van der Waals surface area contributed by atoms with Crippen LogP contribution in [0.1, 0.15) is 51.0 Å². The monoisotopic (exact) mass is 699 g/mol. The highest BCUT2D eigenvalue weighted by atomic mass is 19.1. The fraction of sp³-hybridized carbons (Fsp3) is 0.513. The number of phenols is 1. The first-order valence-electron chi connectivity index (χ1n) is 17.9. The van der Waals surface area contributed by atoms with Crippen molar-refractivity contribution >= 4 is 27.5 Å². The molecule has 4 aliphatic rings. The van der Waals surface area contributed by atoms with Crippen LogP contribution < -0.4 is 14.4 Å². The smallest absolute Gasteiger partial charge is 0.319 e. The lowest BCUT2D eigenvalue weighted by Crippen LogP contribution is -2.57. The van der Waals surface area contributed by atoms with Gasteiger partial charge in [0.25, 0.3) is 0 Å². The van der Waals surface area contributed by atoms with E-state index in [-0.39, 0.29) is 61.6 Å². The number of pyridine rings is 1. The Labute approximate surface area is 296 Å². The van der Waals surface area contributed by atoms with E-state index in [4.69, 9.17) is 35.3 Å². The fourth-order valence-electron chi connectivity index (χ4n) is 8.88. The number of aromatic hydroxyl groups is 1. The molecule has 2 aromatic heterocycles. The number of nitrogens with zero attached hydrogens (tertiary/aromatic N) is 5. The molecule has 12 heteroatoms. The molecule has 2 unspecified atom stereocenters. The summed E-state index contributed by atoms with van der Waals surface area (Å²) in [6.45, 7) is 8.55. The predicted molar refractivity (Wildman–Crippen MR) is 189 cm³/mol. The molecule has 1 saturated carbocycles. The summed E-state index contributed by atoms with van der Waals surface area (Å²) in [6, 6.07) is 5.93. The van der Waals surface area contributed by atoms with E-state index in [2.05, 4.69) is 22.7 Å². The standard InChI is InChI=1S/C39H43F2N5O5/c1-4-26-28(40)10-9-24-18-25(47)19-27(30(24)26)33-32(41)34-31(36(42-33)48-3)35(45-14-7-16-49-17-15-45)44-37(43-34)51-23-39-11-5-8-29(39)46(13-6-12-39)20-38(2)21-50-22-38/h1,9-10,18-19,29,47H,5-8,11-17,20-23H2,2-3H3. The highest BCUT2D eigenvalue weighted by Crippen LogP contribution is 2.49. The summed E-state index contributed by atoms with van der Waals surface area (Å²) >= 11 is 0. The van der Waals surface area contributed by atoms with Gasteiger partial charge in [-0.3, -0.25) is 4.90 Å². The van der Waals surface area contributed by atoms with Crippen LogP contribution in [0.25, 0.3) is 32.9 Å². The van der Waals surface area contributed by atoms with Gasteiger partial charge in [0.1, 0.15) is 34.0 Å². The summed E-state index contributed by atoms with van der Waals surface area (Å²) < 4.78 is 55.9. The predicted octanol–water partition coefficient (Wildman–Crippen LogP) is 6.10. The molecule has 51 heavy (non-hydrogen) atoms. The zero-order chi connectivity index (χ0) is 35.3. The molecule has 4 fully saturated rings. The maximum atomic E-state index is 17.2. The van der Waals surface area contributed by atoms with Gasteiger partial charge in [0.15, 0.2) is 5.82 Å². The summed E-state index contributed by atoms with van der Waals surface area (Å²) in [5.74, 6) is 1.32. The lowest BCUT2D eigenvalue weighted by atomic mass is 9.74. The fourth-order valence-corrected chi connectivity index (χ4v) is 8.88. The Balaban J connectivity index is 1.25. The van der Waals surface area contributed by atoms with Crippen molar-refractivity contribution < 1.29 is 32.8 Å². The number of aromatic nitrogens is 3. The molecule has 0 bridgehead atoms. The van der Waals surface area contributed by atoms with Gasteiger partial charge in [-0.1, -0.05) is 25.3 Å². The maximum Gasteiger partial charge on any atom is 0.319 e. The van der Waals surface area contributed by atoms with Crippen molar-refractivity contribution in [1.29, 1.82) is 0 Å². The van der Waals surface area contributed by atoms with Gasteiger partial charge in [0, 0.05) is 54.1 Å². The first kappa shape index (κ1) is 33.8. The Hall–Kier alpha value is -4.31. The summed E-state index contributed by atoms with van der Waals surface area (Å²) in [5, 5.41) is 11.7. The van der Waals surface area contributed by atoms with Crippen molar-refractivity contribution in [2.45, 2.75) is 51.5 Å². The van der Waals surface area contributed by atoms with E-state index in [1.165, 1.54) is 31.4 Å². The topological polar surface area (TPSA) is 102 Å². The van der Waals surface area contributed by atoms with E-state index >= 15 is 8.78 Å². The molecule has 3 aliphatic heterocycles. The van der Waals surface area contributed by atoms with Gasteiger partial charge < -0.3 is 29.0 Å². The van der Waals surface area contributed by atoms with Crippen LogP contribution in [-0.2, 0) is 9.47 Å². The normalized spacial score (nSPS) is 23.4. The molecule has 5 heterocycles. The van der Waals surface area contributed by atoms with E-state index in [9.17, 15) is 5.11 Å². The van der Waals surface area contributed by atoms with E-state index in [0.29, 0.717) is 50.2 Å². The third-order valence-electron chi connectivity index (χ3n) is 11.3. The average molecular weight is 700 g/mol. The number of fused-ring (bicyclic) bond motifs is 3. The van der Waals surface area contributed by atoms with E-state index in [0.717, 1.165) is 64.8 Å². The first-order chi connectivity index (χ1) is 24.7. The molecular formula is C39H43F2N5O5. The number of anilines is 1. The summed E-state index contributed by atoms with van der Waals surface area (Å²) in [7, 11) is 1.45. The molecule has 2 aromatic carbocycles. The van der Waals surface area contributed by atoms with E-state index in [1.807, 2.05) is 4.90 Å². The zero-order valence-corrected chi connectivity index (χ0v) is 29.1. The second-order valence-corrected chi connectivity index (χ2v) is 14.9. The molecule has 0 spiro atoms. The Bertz CT molecular complexity index is 2030. The third-order valence-corrected chi connectivity index (χ3v) is 11.3. The summed E-state index contributed by atoms with van der Waals surface area (Å²) in [4.78, 5) is 18.9. The van der Waals surface area contributed by atoms with Gasteiger partial charge in [0.2, 0.25) is 5.88 Å². The van der Waals surface area contributed by atoms with Crippen molar-refractivity contribution in [3.8, 4) is 41.2 Å². The lowest BCUT2D eigenvalue weighted by Gasteiger charge is -2.50. The molecule has 4 aromatic rings. The highest BCUT2D eigenvalue weighted by molar-refractivity contribution is 6.04. The highest BCUT2D eigenvalue weighted by Gasteiger charge is 2.50. The second kappa shape index (κ2) is 13.3. The van der Waals surface area contributed by atoms with Crippen LogP contribution >= 0.6 is 0 Å². The van der Waals surface area contributed by atoms with Crippen LogP contribution in [0.4, 0.5) is 14.6 Å². The van der Waals surface area contributed by atoms with E-state index < -0.39 is 11.6 Å². The minimum Gasteiger partial charge on any atom is -0.508 e. The Morgan fingerprint density at radius 2 is 1.86 bits per heavy atom. The second-order valence-electron chi connectivity index (χ2n) is 14.9. The van der Waals surface area contributed by atoms with Gasteiger partial charge >= 0.3 is 6.01 Å². The first-order valence-corrected chi connectivity index (χ1v) is 17.9. The largest absolute Gasteiger partial charge is 0.508 e. The molecule has 268 valence electrons. The number of phenolic OH excluding ortho intramolecular Hbond substituents is 1. The van der Waals surface area contributed by atoms with Crippen LogP contribution in [0, 0.1) is 34.8 Å². The minimum atomic E-state index is -0.791. The van der Waals surface area contributed by atoms with Gasteiger partial charge in [0.05, 0.1) is 39.1 Å². The quantitative estimate of drug-likeness (QED) is 0.217. The van der Waals surface area contributed by atoms with Crippen molar-refractivity contribution in [2.24, 2.45) is 10.8 Å². The Morgan fingerprint density at radius 1 is 1.02 bits per heavy atom. The SMILES string of the molecule is C#Cc1c(F)ccc2cc(O)cc(-c3nc(OC)c4c(N5CCCOCC5)nc(OCC56CCCC5N(CC5(C)COC5)CCC6)nc4c3F)c12. The van der Waals surface area contributed by atoms with Crippen LogP contribution in [-0.4, -0.2) is 97.3 Å². The zero-order valence-electron chi connectivity index (χ0n) is 29.1. The molecule has 10 nitrogen and oxygen atoms in total.